The van der Waals surface area contributed by atoms with Crippen molar-refractivity contribution in [2.24, 2.45) is 0 Å². The van der Waals surface area contributed by atoms with Crippen molar-refractivity contribution in [3.8, 4) is 11.8 Å². The molecule has 31 heavy (non-hydrogen) atoms. The van der Waals surface area contributed by atoms with Gasteiger partial charge in [-0.1, -0.05) is 53.0 Å². The van der Waals surface area contributed by atoms with Crippen LogP contribution in [-0.2, 0) is 11.4 Å². The molecule has 0 aliphatic rings. The van der Waals surface area contributed by atoms with Crippen LogP contribution in [-0.4, -0.2) is 5.91 Å². The summed E-state index contributed by atoms with van der Waals surface area (Å²) in [6.45, 7) is 0.375. The van der Waals surface area contributed by atoms with Crippen LogP contribution in [0, 0.1) is 11.3 Å². The summed E-state index contributed by atoms with van der Waals surface area (Å²) in [5.41, 5.74) is 2.01. The van der Waals surface area contributed by atoms with Gasteiger partial charge in [0.25, 0.3) is 5.91 Å². The number of rotatable bonds is 6. The first-order chi connectivity index (χ1) is 14.9. The predicted octanol–water partition coefficient (Wildman–Crippen LogP) is 7.53. The van der Waals surface area contributed by atoms with Crippen LogP contribution in [0.1, 0.15) is 11.1 Å². The van der Waals surface area contributed by atoms with E-state index in [1.165, 1.54) is 12.1 Å². The lowest BCUT2D eigenvalue weighted by Crippen LogP contribution is -2.13. The second-order valence-corrected chi connectivity index (χ2v) is 8.46. The molecule has 0 heterocycles. The first kappa shape index (κ1) is 23.2. The Morgan fingerprint density at radius 1 is 1.03 bits per heavy atom. The second-order valence-electron chi connectivity index (χ2n) is 6.36. The number of amides is 1. The molecule has 3 aromatic rings. The van der Waals surface area contributed by atoms with Gasteiger partial charge >= 0.3 is 0 Å². The zero-order chi connectivity index (χ0) is 22.4. The van der Waals surface area contributed by atoms with Gasteiger partial charge in [0.1, 0.15) is 24.0 Å². The minimum Gasteiger partial charge on any atom is -0.488 e. The van der Waals surface area contributed by atoms with E-state index in [4.69, 9.17) is 39.5 Å². The molecular formula is C23H14BrCl3N2O2. The van der Waals surface area contributed by atoms with Crippen LogP contribution in [0.3, 0.4) is 0 Å². The molecule has 0 radical (unpaired) electrons. The molecule has 1 amide bonds. The van der Waals surface area contributed by atoms with Crippen molar-refractivity contribution in [3.05, 3.63) is 96.9 Å². The fourth-order valence-electron chi connectivity index (χ4n) is 2.55. The maximum absolute atomic E-state index is 12.5. The van der Waals surface area contributed by atoms with E-state index in [1.54, 1.807) is 42.5 Å². The van der Waals surface area contributed by atoms with E-state index in [0.29, 0.717) is 43.1 Å². The molecule has 8 heteroatoms. The average Bonchev–Trinajstić information content (AvgIpc) is 2.75. The largest absolute Gasteiger partial charge is 0.488 e. The lowest BCUT2D eigenvalue weighted by molar-refractivity contribution is -0.112. The normalized spacial score (nSPS) is 11.0. The Labute approximate surface area is 203 Å². The number of nitrogens with zero attached hydrogens (tertiary/aromatic N) is 1. The smallest absolute Gasteiger partial charge is 0.266 e. The van der Waals surface area contributed by atoms with Gasteiger partial charge in [0.2, 0.25) is 0 Å². The summed E-state index contributed by atoms with van der Waals surface area (Å²) in [5, 5.41) is 13.4. The number of benzene rings is 3. The zero-order valence-electron chi connectivity index (χ0n) is 15.8. The summed E-state index contributed by atoms with van der Waals surface area (Å²) in [4.78, 5) is 12.5. The third-order valence-electron chi connectivity index (χ3n) is 4.12. The van der Waals surface area contributed by atoms with Crippen LogP contribution in [0.4, 0.5) is 5.69 Å². The van der Waals surface area contributed by atoms with Gasteiger partial charge in [-0.2, -0.15) is 5.26 Å². The lowest BCUT2D eigenvalue weighted by Gasteiger charge is -2.09. The summed E-state index contributed by atoms with van der Waals surface area (Å²) in [7, 11) is 0. The van der Waals surface area contributed by atoms with E-state index in [2.05, 4.69) is 21.2 Å². The molecule has 4 nitrogen and oxygen atoms in total. The molecule has 3 rings (SSSR count). The topological polar surface area (TPSA) is 62.1 Å². The van der Waals surface area contributed by atoms with Crippen LogP contribution < -0.4 is 10.1 Å². The third kappa shape index (κ3) is 6.49. The fourth-order valence-corrected chi connectivity index (χ4v) is 3.49. The maximum atomic E-state index is 12.5. The zero-order valence-corrected chi connectivity index (χ0v) is 19.7. The molecule has 0 aliphatic heterocycles. The van der Waals surface area contributed by atoms with E-state index in [1.807, 2.05) is 18.2 Å². The van der Waals surface area contributed by atoms with Crippen molar-refractivity contribution in [1.29, 1.82) is 5.26 Å². The number of hydrogen-bond donors (Lipinski definition) is 1. The van der Waals surface area contributed by atoms with E-state index >= 15 is 0 Å². The van der Waals surface area contributed by atoms with Gasteiger partial charge in [-0.3, -0.25) is 4.79 Å². The molecule has 0 aliphatic carbocycles. The molecule has 3 aromatic carbocycles. The van der Waals surface area contributed by atoms with E-state index in [9.17, 15) is 10.1 Å². The Kier molecular flexibility index (Phi) is 8.00. The van der Waals surface area contributed by atoms with Crippen LogP contribution in [0.5, 0.6) is 5.75 Å². The highest BCUT2D eigenvalue weighted by atomic mass is 79.9. The Bertz CT molecular complexity index is 1190. The van der Waals surface area contributed by atoms with Crippen LogP contribution in [0.2, 0.25) is 15.1 Å². The Hall–Kier alpha value is -2.49. The molecule has 0 atom stereocenters. The summed E-state index contributed by atoms with van der Waals surface area (Å²) in [6.07, 6.45) is 1.49. The van der Waals surface area contributed by atoms with Crippen LogP contribution >= 0.6 is 50.7 Å². The molecule has 156 valence electrons. The average molecular weight is 537 g/mol. The van der Waals surface area contributed by atoms with Crippen LogP contribution in [0.25, 0.3) is 6.08 Å². The van der Waals surface area contributed by atoms with Crippen molar-refractivity contribution < 1.29 is 9.53 Å². The number of hydrogen-bond acceptors (Lipinski definition) is 3. The lowest BCUT2D eigenvalue weighted by atomic mass is 10.1. The molecule has 0 saturated carbocycles. The molecular weight excluding hydrogens is 523 g/mol. The van der Waals surface area contributed by atoms with Gasteiger partial charge in [-0.25, -0.2) is 0 Å². The molecule has 0 bridgehead atoms. The molecule has 0 saturated heterocycles. The second kappa shape index (κ2) is 10.7. The van der Waals surface area contributed by atoms with Gasteiger partial charge in [-0.15, -0.1) is 0 Å². The van der Waals surface area contributed by atoms with Crippen molar-refractivity contribution in [3.63, 3.8) is 0 Å². The number of nitrogens with one attached hydrogen (secondary N) is 1. The van der Waals surface area contributed by atoms with Gasteiger partial charge in [0, 0.05) is 10.7 Å². The molecule has 0 aromatic heterocycles. The van der Waals surface area contributed by atoms with Gasteiger partial charge in [0.05, 0.1) is 14.5 Å². The van der Waals surface area contributed by atoms with E-state index in [0.717, 1.165) is 5.56 Å². The Morgan fingerprint density at radius 3 is 2.42 bits per heavy atom. The van der Waals surface area contributed by atoms with Gasteiger partial charge < -0.3 is 10.1 Å². The number of ether oxygens (including phenoxy) is 1. The first-order valence-corrected chi connectivity index (χ1v) is 10.8. The highest BCUT2D eigenvalue weighted by molar-refractivity contribution is 9.10. The van der Waals surface area contributed by atoms with Crippen molar-refractivity contribution >= 4 is 68.4 Å². The number of carbonyl (C=O) groups excluding carboxylic acids is 1. The predicted molar refractivity (Wildman–Crippen MR) is 129 cm³/mol. The summed E-state index contributed by atoms with van der Waals surface area (Å²) < 4.78 is 6.51. The Balaban J connectivity index is 1.70. The summed E-state index contributed by atoms with van der Waals surface area (Å²) >= 11 is 21.2. The summed E-state index contributed by atoms with van der Waals surface area (Å²) in [5.74, 6) is 0.0749. The van der Waals surface area contributed by atoms with Crippen molar-refractivity contribution in [1.82, 2.24) is 0 Å². The molecule has 0 fully saturated rings. The van der Waals surface area contributed by atoms with E-state index < -0.39 is 5.91 Å². The first-order valence-electron chi connectivity index (χ1n) is 8.90. The van der Waals surface area contributed by atoms with Crippen molar-refractivity contribution in [2.75, 3.05) is 5.32 Å². The quantitative estimate of drug-likeness (QED) is 0.262. The fraction of sp³-hybridized carbons (Fsp3) is 0.0435. The van der Waals surface area contributed by atoms with Gasteiger partial charge in [0.15, 0.2) is 0 Å². The van der Waals surface area contributed by atoms with E-state index in [-0.39, 0.29) is 5.57 Å². The number of nitriles is 1. The highest BCUT2D eigenvalue weighted by Crippen LogP contribution is 2.28. The van der Waals surface area contributed by atoms with Crippen LogP contribution in [0.15, 0.2) is 70.7 Å². The number of halogens is 4. The minimum absolute atomic E-state index is 0.0622. The maximum Gasteiger partial charge on any atom is 0.266 e. The molecule has 1 N–H and O–H groups in total. The number of anilines is 1. The summed E-state index contributed by atoms with van der Waals surface area (Å²) in [6, 6.07) is 19.3. The van der Waals surface area contributed by atoms with Gasteiger partial charge in [-0.05, 0) is 75.6 Å². The minimum atomic E-state index is -0.555. The van der Waals surface area contributed by atoms with Crippen molar-refractivity contribution in [2.45, 2.75) is 6.61 Å². The standard InChI is InChI=1S/C23H14BrCl3N2O2/c24-19-10-15(3-8-22(19)31-13-14-1-4-17(25)5-2-14)9-16(12-28)23(30)29-18-6-7-20(26)21(27)11-18/h1-11H,13H2,(H,29,30)/b16-9+. The number of carbonyl (C=O) groups is 1. The monoisotopic (exact) mass is 534 g/mol. The highest BCUT2D eigenvalue weighted by Gasteiger charge is 2.11. The molecule has 0 spiro atoms. The Morgan fingerprint density at radius 2 is 1.77 bits per heavy atom. The SMILES string of the molecule is N#C/C(=C\c1ccc(OCc2ccc(Cl)cc2)c(Br)c1)C(=O)Nc1ccc(Cl)c(Cl)c1. The molecule has 0 unspecified atom stereocenters. The third-order valence-corrected chi connectivity index (χ3v) is 5.73.